The fraction of sp³-hybridized carbons (Fsp3) is 0.0909. The van der Waals surface area contributed by atoms with E-state index in [9.17, 15) is 9.18 Å². The summed E-state index contributed by atoms with van der Waals surface area (Å²) < 4.78 is 14.9. The summed E-state index contributed by atoms with van der Waals surface area (Å²) in [7, 11) is 0. The molecule has 5 aromatic rings. The van der Waals surface area contributed by atoms with Gasteiger partial charge in [-0.15, -0.1) is 10.2 Å². The lowest BCUT2D eigenvalue weighted by Gasteiger charge is -2.06. The van der Waals surface area contributed by atoms with Gasteiger partial charge in [0.25, 0.3) is 5.91 Å². The van der Waals surface area contributed by atoms with E-state index >= 15 is 0 Å². The second-order valence-electron chi connectivity index (χ2n) is 6.85. The number of pyridine rings is 1. The summed E-state index contributed by atoms with van der Waals surface area (Å²) in [6.45, 7) is 0.429. The topological polar surface area (TPSA) is 88.0 Å². The first kappa shape index (κ1) is 18.0. The van der Waals surface area contributed by atoms with E-state index in [4.69, 9.17) is 0 Å². The average molecular weight is 400 g/mol. The van der Waals surface area contributed by atoms with Gasteiger partial charge >= 0.3 is 0 Å². The minimum Gasteiger partial charge on any atom is -0.351 e. The number of para-hydroxylation sites is 2. The Bertz CT molecular complexity index is 1320. The van der Waals surface area contributed by atoms with Crippen molar-refractivity contribution in [2.24, 2.45) is 0 Å². The van der Waals surface area contributed by atoms with E-state index < -0.39 is 0 Å². The number of hydrogen-bond acceptors (Lipinski definition) is 4. The van der Waals surface area contributed by atoms with Crippen molar-refractivity contribution in [3.05, 3.63) is 84.1 Å². The Kier molecular flexibility index (Phi) is 4.44. The van der Waals surface area contributed by atoms with Crippen molar-refractivity contribution in [2.45, 2.75) is 6.42 Å². The molecule has 0 unspecified atom stereocenters. The number of carbonyl (C=O) groups is 1. The third-order valence-electron chi connectivity index (χ3n) is 4.87. The van der Waals surface area contributed by atoms with Crippen molar-refractivity contribution in [1.29, 1.82) is 0 Å². The SMILES string of the molecule is O=C(NCCc1nc2ccccc2[nH]1)c1cccn2c(-c3ccc(F)cc3)nnc12. The van der Waals surface area contributed by atoms with Gasteiger partial charge in [-0.3, -0.25) is 9.20 Å². The molecule has 0 fully saturated rings. The predicted molar refractivity (Wildman–Crippen MR) is 111 cm³/mol. The largest absolute Gasteiger partial charge is 0.351 e. The Morgan fingerprint density at radius 3 is 2.70 bits per heavy atom. The van der Waals surface area contributed by atoms with Gasteiger partial charge in [-0.2, -0.15) is 0 Å². The third kappa shape index (κ3) is 3.28. The molecule has 148 valence electrons. The molecule has 8 heteroatoms. The quantitative estimate of drug-likeness (QED) is 0.473. The van der Waals surface area contributed by atoms with Crippen molar-refractivity contribution in [3.63, 3.8) is 0 Å². The maximum Gasteiger partial charge on any atom is 0.255 e. The van der Waals surface area contributed by atoms with Crippen LogP contribution in [-0.2, 0) is 6.42 Å². The van der Waals surface area contributed by atoms with E-state index in [-0.39, 0.29) is 11.7 Å². The van der Waals surface area contributed by atoms with Gasteiger partial charge in [0.1, 0.15) is 11.6 Å². The molecular weight excluding hydrogens is 383 g/mol. The summed E-state index contributed by atoms with van der Waals surface area (Å²) in [5, 5.41) is 11.3. The lowest BCUT2D eigenvalue weighted by molar-refractivity contribution is 0.0955. The standard InChI is InChI=1S/C22H17FN6O/c23-15-9-7-14(8-10-15)20-27-28-21-16(4-3-13-29(20)21)22(30)24-12-11-19-25-17-5-1-2-6-18(17)26-19/h1-10,13H,11-12H2,(H,24,30)(H,25,26). The second-order valence-corrected chi connectivity index (χ2v) is 6.85. The first-order valence-electron chi connectivity index (χ1n) is 9.50. The molecule has 0 atom stereocenters. The minimum atomic E-state index is -0.322. The smallest absolute Gasteiger partial charge is 0.255 e. The van der Waals surface area contributed by atoms with Crippen LogP contribution in [0.15, 0.2) is 66.9 Å². The van der Waals surface area contributed by atoms with E-state index in [0.29, 0.717) is 35.6 Å². The molecular formula is C22H17FN6O. The number of amides is 1. The van der Waals surface area contributed by atoms with Crippen LogP contribution in [0.5, 0.6) is 0 Å². The van der Waals surface area contributed by atoms with Crippen molar-refractivity contribution in [1.82, 2.24) is 29.9 Å². The van der Waals surface area contributed by atoms with E-state index in [0.717, 1.165) is 16.9 Å². The zero-order chi connectivity index (χ0) is 20.5. The van der Waals surface area contributed by atoms with Crippen LogP contribution in [-0.4, -0.2) is 37.0 Å². The maximum atomic E-state index is 13.2. The van der Waals surface area contributed by atoms with E-state index in [1.54, 1.807) is 34.9 Å². The minimum absolute atomic E-state index is 0.241. The number of fused-ring (bicyclic) bond motifs is 2. The number of carbonyl (C=O) groups excluding carboxylic acids is 1. The monoisotopic (exact) mass is 400 g/mol. The van der Waals surface area contributed by atoms with Crippen molar-refractivity contribution < 1.29 is 9.18 Å². The molecule has 0 aliphatic rings. The molecule has 30 heavy (non-hydrogen) atoms. The number of benzene rings is 2. The van der Waals surface area contributed by atoms with Crippen LogP contribution >= 0.6 is 0 Å². The van der Waals surface area contributed by atoms with Gasteiger partial charge in [-0.1, -0.05) is 12.1 Å². The molecule has 0 spiro atoms. The molecule has 0 aliphatic heterocycles. The molecule has 0 aliphatic carbocycles. The number of imidazole rings is 1. The van der Waals surface area contributed by atoms with Crippen LogP contribution in [0.1, 0.15) is 16.2 Å². The van der Waals surface area contributed by atoms with Crippen LogP contribution in [0.3, 0.4) is 0 Å². The highest BCUT2D eigenvalue weighted by Gasteiger charge is 2.16. The molecule has 3 aromatic heterocycles. The molecule has 0 saturated heterocycles. The number of nitrogens with one attached hydrogen (secondary N) is 2. The number of halogens is 1. The molecule has 2 aromatic carbocycles. The number of hydrogen-bond donors (Lipinski definition) is 2. The summed E-state index contributed by atoms with van der Waals surface area (Å²) in [6, 6.07) is 17.3. The zero-order valence-corrected chi connectivity index (χ0v) is 15.8. The van der Waals surface area contributed by atoms with Crippen molar-refractivity contribution in [2.75, 3.05) is 6.54 Å². The van der Waals surface area contributed by atoms with Gasteiger partial charge in [0.2, 0.25) is 0 Å². The number of nitrogens with zero attached hydrogens (tertiary/aromatic N) is 4. The molecule has 0 radical (unpaired) electrons. The van der Waals surface area contributed by atoms with Crippen LogP contribution in [0.2, 0.25) is 0 Å². The maximum absolute atomic E-state index is 13.2. The summed E-state index contributed by atoms with van der Waals surface area (Å²) in [5.41, 5.74) is 3.45. The number of aromatic nitrogens is 5. The van der Waals surface area contributed by atoms with Crippen molar-refractivity contribution in [3.8, 4) is 11.4 Å². The molecule has 0 bridgehead atoms. The first-order valence-corrected chi connectivity index (χ1v) is 9.50. The summed E-state index contributed by atoms with van der Waals surface area (Å²) in [4.78, 5) is 20.5. The van der Waals surface area contributed by atoms with Gasteiger partial charge in [0, 0.05) is 24.7 Å². The Balaban J connectivity index is 1.34. The Labute approximate surface area is 170 Å². The van der Waals surface area contributed by atoms with E-state index in [1.807, 2.05) is 24.3 Å². The fourth-order valence-electron chi connectivity index (χ4n) is 3.40. The van der Waals surface area contributed by atoms with Crippen LogP contribution < -0.4 is 5.32 Å². The van der Waals surface area contributed by atoms with E-state index in [2.05, 4.69) is 25.5 Å². The lowest BCUT2D eigenvalue weighted by atomic mass is 10.2. The molecule has 5 rings (SSSR count). The summed E-state index contributed by atoms with van der Waals surface area (Å²) in [6.07, 6.45) is 2.36. The average Bonchev–Trinajstić information content (AvgIpc) is 3.38. The van der Waals surface area contributed by atoms with Gasteiger partial charge < -0.3 is 10.3 Å². The molecule has 1 amide bonds. The summed E-state index contributed by atoms with van der Waals surface area (Å²) >= 11 is 0. The van der Waals surface area contributed by atoms with Gasteiger partial charge in [0.05, 0.1) is 16.6 Å². The number of aromatic amines is 1. The van der Waals surface area contributed by atoms with Crippen molar-refractivity contribution >= 4 is 22.6 Å². The highest BCUT2D eigenvalue weighted by Crippen LogP contribution is 2.20. The van der Waals surface area contributed by atoms with Crippen LogP contribution in [0, 0.1) is 5.82 Å². The van der Waals surface area contributed by atoms with Gasteiger partial charge in [0.15, 0.2) is 11.5 Å². The highest BCUT2D eigenvalue weighted by atomic mass is 19.1. The molecule has 7 nitrogen and oxygen atoms in total. The van der Waals surface area contributed by atoms with Crippen LogP contribution in [0.4, 0.5) is 4.39 Å². The first-order chi connectivity index (χ1) is 14.7. The van der Waals surface area contributed by atoms with Crippen LogP contribution in [0.25, 0.3) is 28.1 Å². The Morgan fingerprint density at radius 1 is 1.03 bits per heavy atom. The fourth-order valence-corrected chi connectivity index (χ4v) is 3.40. The van der Waals surface area contributed by atoms with Gasteiger partial charge in [-0.05, 0) is 48.5 Å². The summed E-state index contributed by atoms with van der Waals surface area (Å²) in [5.74, 6) is 0.796. The van der Waals surface area contributed by atoms with E-state index in [1.165, 1.54) is 12.1 Å². The Hall–Kier alpha value is -4.07. The number of rotatable bonds is 5. The third-order valence-corrected chi connectivity index (χ3v) is 4.87. The second kappa shape index (κ2) is 7.40. The predicted octanol–water partition coefficient (Wildman–Crippen LogP) is 3.38. The van der Waals surface area contributed by atoms with Gasteiger partial charge in [-0.25, -0.2) is 9.37 Å². The Morgan fingerprint density at radius 2 is 1.87 bits per heavy atom. The zero-order valence-electron chi connectivity index (χ0n) is 15.8. The number of H-pyrrole nitrogens is 1. The molecule has 2 N–H and O–H groups in total. The lowest BCUT2D eigenvalue weighted by Crippen LogP contribution is -2.26. The molecule has 3 heterocycles. The highest BCUT2D eigenvalue weighted by molar-refractivity contribution is 6.00. The normalized spacial score (nSPS) is 11.2. The molecule has 0 saturated carbocycles.